The summed E-state index contributed by atoms with van der Waals surface area (Å²) in [6, 6.07) is 0. The zero-order chi connectivity index (χ0) is 20.1. The van der Waals surface area contributed by atoms with Crippen molar-refractivity contribution in [2.24, 2.45) is 11.8 Å². The molecule has 0 spiro atoms. The monoisotopic (exact) mass is 374 g/mol. The lowest BCUT2D eigenvalue weighted by molar-refractivity contribution is -0.156. The molecule has 150 valence electrons. The highest BCUT2D eigenvalue weighted by Crippen LogP contribution is 2.27. The van der Waals surface area contributed by atoms with Gasteiger partial charge in [0.15, 0.2) is 11.4 Å². The number of carbonyl (C=O) groups excluding carboxylic acids is 1. The van der Waals surface area contributed by atoms with Gasteiger partial charge < -0.3 is 10.2 Å². The van der Waals surface area contributed by atoms with E-state index in [9.17, 15) is 14.7 Å². The van der Waals surface area contributed by atoms with Crippen LogP contribution in [0.2, 0.25) is 0 Å². The van der Waals surface area contributed by atoms with Crippen molar-refractivity contribution >= 4 is 11.8 Å². The first-order valence-corrected chi connectivity index (χ1v) is 10.1. The number of carboxylic acid groups (broad SMARTS) is 1. The smallest absolute Gasteiger partial charge is 0.335 e. The quantitative estimate of drug-likeness (QED) is 0.270. The van der Waals surface area contributed by atoms with Crippen LogP contribution in [0.5, 0.6) is 0 Å². The SMILES string of the molecule is CCCCCCCCC=C[C@H]1C=CC(=O)[C@@H]1CC=C=CCC(C)(O)C(=O)O. The maximum atomic E-state index is 12.0. The molecule has 0 radical (unpaired) electrons. The average molecular weight is 375 g/mol. The summed E-state index contributed by atoms with van der Waals surface area (Å²) in [6.07, 6.45) is 20.5. The van der Waals surface area contributed by atoms with Crippen LogP contribution in [0, 0.1) is 11.8 Å². The normalized spacial score (nSPS) is 21.2. The highest BCUT2D eigenvalue weighted by Gasteiger charge is 2.28. The predicted molar refractivity (Wildman–Crippen MR) is 108 cm³/mol. The molecule has 27 heavy (non-hydrogen) atoms. The average Bonchev–Trinajstić information content (AvgIpc) is 2.97. The van der Waals surface area contributed by atoms with E-state index in [-0.39, 0.29) is 24.0 Å². The molecule has 0 aliphatic heterocycles. The molecule has 0 saturated carbocycles. The van der Waals surface area contributed by atoms with E-state index < -0.39 is 11.6 Å². The number of hydrogen-bond acceptors (Lipinski definition) is 3. The van der Waals surface area contributed by atoms with Gasteiger partial charge in [0, 0.05) is 18.3 Å². The summed E-state index contributed by atoms with van der Waals surface area (Å²) in [5, 5.41) is 18.5. The second kappa shape index (κ2) is 12.5. The Kier molecular flexibility index (Phi) is 10.7. The molecule has 2 N–H and O–H groups in total. The van der Waals surface area contributed by atoms with Gasteiger partial charge in [0.2, 0.25) is 0 Å². The first-order valence-electron chi connectivity index (χ1n) is 10.1. The summed E-state index contributed by atoms with van der Waals surface area (Å²) in [5.74, 6) is -1.12. The molecule has 0 bridgehead atoms. The van der Waals surface area contributed by atoms with Gasteiger partial charge in [-0.05, 0) is 44.4 Å². The molecule has 0 saturated heterocycles. The number of ketones is 1. The zero-order valence-electron chi connectivity index (χ0n) is 16.7. The third-order valence-electron chi connectivity index (χ3n) is 4.96. The molecule has 0 amide bonds. The number of rotatable bonds is 13. The van der Waals surface area contributed by atoms with Gasteiger partial charge in [0.25, 0.3) is 0 Å². The maximum absolute atomic E-state index is 12.0. The summed E-state index contributed by atoms with van der Waals surface area (Å²) >= 11 is 0. The van der Waals surface area contributed by atoms with Crippen molar-refractivity contribution in [2.45, 2.75) is 77.2 Å². The highest BCUT2D eigenvalue weighted by atomic mass is 16.4. The number of aliphatic carboxylic acids is 1. The largest absolute Gasteiger partial charge is 0.479 e. The van der Waals surface area contributed by atoms with E-state index in [0.29, 0.717) is 6.42 Å². The third kappa shape index (κ3) is 9.03. The maximum Gasteiger partial charge on any atom is 0.335 e. The summed E-state index contributed by atoms with van der Waals surface area (Å²) in [7, 11) is 0. The van der Waals surface area contributed by atoms with Gasteiger partial charge >= 0.3 is 5.97 Å². The topological polar surface area (TPSA) is 74.6 Å². The van der Waals surface area contributed by atoms with E-state index in [1.165, 1.54) is 51.5 Å². The van der Waals surface area contributed by atoms with Gasteiger partial charge in [0.1, 0.15) is 0 Å². The Hall–Kier alpha value is -1.90. The first kappa shape index (κ1) is 23.1. The van der Waals surface area contributed by atoms with Crippen LogP contribution in [0.3, 0.4) is 0 Å². The fourth-order valence-electron chi connectivity index (χ4n) is 3.04. The molecule has 1 aliphatic carbocycles. The van der Waals surface area contributed by atoms with Crippen LogP contribution >= 0.6 is 0 Å². The molecule has 1 unspecified atom stereocenters. The van der Waals surface area contributed by atoms with Gasteiger partial charge in [-0.1, -0.05) is 57.3 Å². The summed E-state index contributed by atoms with van der Waals surface area (Å²) in [6.45, 7) is 3.47. The van der Waals surface area contributed by atoms with E-state index in [4.69, 9.17) is 5.11 Å². The highest BCUT2D eigenvalue weighted by molar-refractivity contribution is 5.95. The molecule has 0 fully saturated rings. The van der Waals surface area contributed by atoms with Crippen molar-refractivity contribution in [3.05, 3.63) is 42.2 Å². The number of carboxylic acids is 1. The molecule has 0 aromatic rings. The molecule has 1 rings (SSSR count). The minimum atomic E-state index is -1.78. The lowest BCUT2D eigenvalue weighted by atomic mass is 9.91. The lowest BCUT2D eigenvalue weighted by Gasteiger charge is -2.14. The van der Waals surface area contributed by atoms with E-state index in [2.05, 4.69) is 24.8 Å². The Morgan fingerprint density at radius 3 is 2.63 bits per heavy atom. The van der Waals surface area contributed by atoms with Gasteiger partial charge in [-0.15, -0.1) is 5.73 Å². The van der Waals surface area contributed by atoms with Crippen molar-refractivity contribution in [2.75, 3.05) is 0 Å². The Labute approximate surface area is 163 Å². The van der Waals surface area contributed by atoms with Gasteiger partial charge in [-0.3, -0.25) is 4.79 Å². The lowest BCUT2D eigenvalue weighted by Crippen LogP contribution is -2.33. The molecular weight excluding hydrogens is 340 g/mol. The molecule has 0 aromatic heterocycles. The molecule has 3 atom stereocenters. The summed E-state index contributed by atoms with van der Waals surface area (Å²) < 4.78 is 0. The number of aliphatic hydroxyl groups is 1. The van der Waals surface area contributed by atoms with Crippen LogP contribution in [0.25, 0.3) is 0 Å². The van der Waals surface area contributed by atoms with E-state index >= 15 is 0 Å². The van der Waals surface area contributed by atoms with E-state index in [1.807, 2.05) is 6.08 Å². The van der Waals surface area contributed by atoms with Crippen LogP contribution in [-0.2, 0) is 9.59 Å². The predicted octanol–water partition coefficient (Wildman–Crippen LogP) is 4.99. The third-order valence-corrected chi connectivity index (χ3v) is 4.96. The van der Waals surface area contributed by atoms with Gasteiger partial charge in [-0.2, -0.15) is 0 Å². The van der Waals surface area contributed by atoms with Crippen LogP contribution < -0.4 is 0 Å². The Balaban J connectivity index is 2.39. The van der Waals surface area contributed by atoms with Gasteiger partial charge in [-0.25, -0.2) is 4.79 Å². The van der Waals surface area contributed by atoms with Crippen LogP contribution in [0.15, 0.2) is 42.2 Å². The number of allylic oxidation sites excluding steroid dienone is 4. The van der Waals surface area contributed by atoms with E-state index in [0.717, 1.165) is 6.42 Å². The fourth-order valence-corrected chi connectivity index (χ4v) is 3.04. The molecule has 1 aliphatic rings. The first-order chi connectivity index (χ1) is 12.9. The summed E-state index contributed by atoms with van der Waals surface area (Å²) in [5.41, 5.74) is 1.10. The molecule has 4 nitrogen and oxygen atoms in total. The van der Waals surface area contributed by atoms with Crippen molar-refractivity contribution in [3.63, 3.8) is 0 Å². The van der Waals surface area contributed by atoms with Crippen LogP contribution in [0.1, 0.15) is 71.6 Å². The van der Waals surface area contributed by atoms with Crippen molar-refractivity contribution in [1.29, 1.82) is 0 Å². The number of unbranched alkanes of at least 4 members (excludes halogenated alkanes) is 6. The minimum absolute atomic E-state index is 0.0166. The minimum Gasteiger partial charge on any atom is -0.479 e. The van der Waals surface area contributed by atoms with E-state index in [1.54, 1.807) is 12.2 Å². The van der Waals surface area contributed by atoms with Crippen LogP contribution in [-0.4, -0.2) is 27.6 Å². The molecule has 0 heterocycles. The number of hydrogen-bond donors (Lipinski definition) is 2. The standard InChI is InChI=1S/C23H34O4/c1-3-4-5-6-7-8-9-11-14-19-16-17-21(24)20(19)15-12-10-13-18-23(2,27)22(25)26/h11-14,16-17,19-20,27H,3-9,15,18H2,1-2H3,(H,25,26)/t10?,19-,20+,23?/m0/s1. The number of carbonyl (C=O) groups is 2. The summed E-state index contributed by atoms with van der Waals surface area (Å²) in [4.78, 5) is 22.9. The zero-order valence-corrected chi connectivity index (χ0v) is 16.7. The van der Waals surface area contributed by atoms with Crippen LogP contribution in [0.4, 0.5) is 0 Å². The van der Waals surface area contributed by atoms with Crippen molar-refractivity contribution < 1.29 is 19.8 Å². The van der Waals surface area contributed by atoms with Gasteiger partial charge in [0.05, 0.1) is 0 Å². The fraction of sp³-hybridized carbons (Fsp3) is 0.609. The molecule has 4 heteroatoms. The second-order valence-corrected chi connectivity index (χ2v) is 7.52. The van der Waals surface area contributed by atoms with Crippen molar-refractivity contribution in [1.82, 2.24) is 0 Å². The molecular formula is C23H34O4. The Morgan fingerprint density at radius 1 is 1.22 bits per heavy atom. The Bertz CT molecular complexity index is 591. The molecule has 0 aromatic carbocycles. The Morgan fingerprint density at radius 2 is 1.93 bits per heavy atom. The van der Waals surface area contributed by atoms with Crippen molar-refractivity contribution in [3.8, 4) is 0 Å². The second-order valence-electron chi connectivity index (χ2n) is 7.52.